The summed E-state index contributed by atoms with van der Waals surface area (Å²) >= 11 is 0. The first-order valence-corrected chi connectivity index (χ1v) is 9.52. The monoisotopic (exact) mass is 391 g/mol. The van der Waals surface area contributed by atoms with Crippen LogP contribution < -0.4 is 20.9 Å². The van der Waals surface area contributed by atoms with Gasteiger partial charge in [0.2, 0.25) is 0 Å². The molecule has 2 amide bonds. The Morgan fingerprint density at radius 1 is 0.931 bits per heavy atom. The van der Waals surface area contributed by atoms with Crippen molar-refractivity contribution in [2.75, 3.05) is 13.7 Å². The molecule has 0 spiro atoms. The number of rotatable bonds is 8. The van der Waals surface area contributed by atoms with Crippen LogP contribution in [-0.2, 0) is 19.5 Å². The van der Waals surface area contributed by atoms with Crippen LogP contribution in [-0.4, -0.2) is 24.3 Å². The van der Waals surface area contributed by atoms with E-state index in [0.717, 1.165) is 22.4 Å². The van der Waals surface area contributed by atoms with E-state index in [1.807, 2.05) is 54.6 Å². The van der Waals surface area contributed by atoms with Crippen LogP contribution in [0.3, 0.4) is 0 Å². The van der Waals surface area contributed by atoms with Crippen molar-refractivity contribution in [3.05, 3.63) is 100.0 Å². The maximum Gasteiger partial charge on any atom is 0.315 e. The van der Waals surface area contributed by atoms with Crippen LogP contribution in [0.15, 0.2) is 77.7 Å². The molecular formula is C23H25N3O3. The number of benzene rings is 2. The summed E-state index contributed by atoms with van der Waals surface area (Å²) in [6.45, 7) is 1.49. The lowest BCUT2D eigenvalue weighted by atomic mass is 10.1. The molecule has 3 rings (SSSR count). The number of carbonyl (C=O) groups excluding carboxylic acids is 1. The molecule has 2 aromatic carbocycles. The number of urea groups is 1. The minimum absolute atomic E-state index is 0.0250. The second kappa shape index (κ2) is 10.1. The third-order valence-corrected chi connectivity index (χ3v) is 4.60. The Kier molecular flexibility index (Phi) is 7.05. The van der Waals surface area contributed by atoms with Gasteiger partial charge in [0.25, 0.3) is 5.56 Å². The molecule has 0 fully saturated rings. The molecule has 0 bridgehead atoms. The van der Waals surface area contributed by atoms with Gasteiger partial charge in [0.1, 0.15) is 5.75 Å². The van der Waals surface area contributed by atoms with Crippen LogP contribution in [0.1, 0.15) is 16.7 Å². The van der Waals surface area contributed by atoms with Crippen LogP contribution >= 0.6 is 0 Å². The lowest BCUT2D eigenvalue weighted by Crippen LogP contribution is -2.36. The van der Waals surface area contributed by atoms with Crippen molar-refractivity contribution in [2.45, 2.75) is 19.5 Å². The minimum atomic E-state index is -0.209. The van der Waals surface area contributed by atoms with E-state index < -0.39 is 0 Å². The molecule has 0 unspecified atom stereocenters. The van der Waals surface area contributed by atoms with Gasteiger partial charge in [0, 0.05) is 25.4 Å². The number of amides is 2. The number of hydrogen-bond acceptors (Lipinski definition) is 3. The first-order chi connectivity index (χ1) is 14.2. The lowest BCUT2D eigenvalue weighted by Gasteiger charge is -2.10. The fraction of sp³-hybridized carbons (Fsp3) is 0.217. The average molecular weight is 391 g/mol. The highest BCUT2D eigenvalue weighted by atomic mass is 16.5. The Morgan fingerprint density at radius 2 is 1.66 bits per heavy atom. The van der Waals surface area contributed by atoms with Gasteiger partial charge in [-0.1, -0.05) is 48.5 Å². The molecule has 29 heavy (non-hydrogen) atoms. The normalized spacial score (nSPS) is 10.4. The molecule has 1 heterocycles. The zero-order valence-corrected chi connectivity index (χ0v) is 16.4. The Balaban J connectivity index is 1.43. The van der Waals surface area contributed by atoms with Crippen LogP contribution in [0.25, 0.3) is 0 Å². The van der Waals surface area contributed by atoms with E-state index in [2.05, 4.69) is 10.6 Å². The SMILES string of the molecule is COc1ccccc1CCNC(=O)NCc1ccc(Cn2ccccc2=O)cc1. The summed E-state index contributed by atoms with van der Waals surface area (Å²) in [6.07, 6.45) is 2.47. The molecule has 0 saturated heterocycles. The molecule has 0 radical (unpaired) electrons. The van der Waals surface area contributed by atoms with Gasteiger partial charge < -0.3 is 19.9 Å². The van der Waals surface area contributed by atoms with Crippen molar-refractivity contribution in [1.82, 2.24) is 15.2 Å². The van der Waals surface area contributed by atoms with Gasteiger partial charge in [-0.2, -0.15) is 0 Å². The van der Waals surface area contributed by atoms with Crippen molar-refractivity contribution in [2.24, 2.45) is 0 Å². The molecule has 0 atom stereocenters. The molecule has 3 aromatic rings. The second-order valence-corrected chi connectivity index (χ2v) is 6.65. The summed E-state index contributed by atoms with van der Waals surface area (Å²) in [6, 6.07) is 20.5. The summed E-state index contributed by atoms with van der Waals surface area (Å²) in [5.41, 5.74) is 3.06. The highest BCUT2D eigenvalue weighted by Gasteiger charge is 2.04. The molecule has 0 aliphatic heterocycles. The summed E-state index contributed by atoms with van der Waals surface area (Å²) < 4.78 is 6.97. The van der Waals surface area contributed by atoms with Gasteiger partial charge >= 0.3 is 6.03 Å². The van der Waals surface area contributed by atoms with Crippen molar-refractivity contribution < 1.29 is 9.53 Å². The van der Waals surface area contributed by atoms with E-state index in [0.29, 0.717) is 26.1 Å². The number of nitrogens with zero attached hydrogens (tertiary/aromatic N) is 1. The van der Waals surface area contributed by atoms with E-state index in [-0.39, 0.29) is 11.6 Å². The number of pyridine rings is 1. The standard InChI is InChI=1S/C23H25N3O3/c1-29-21-7-3-2-6-20(21)13-14-24-23(28)25-16-18-9-11-19(12-10-18)17-26-15-5-4-8-22(26)27/h2-12,15H,13-14,16-17H2,1H3,(H2,24,25,28). The minimum Gasteiger partial charge on any atom is -0.496 e. The van der Waals surface area contributed by atoms with Crippen molar-refractivity contribution >= 4 is 6.03 Å². The number of aromatic nitrogens is 1. The van der Waals surface area contributed by atoms with Gasteiger partial charge in [0.05, 0.1) is 13.7 Å². The topological polar surface area (TPSA) is 72.4 Å². The molecule has 0 aliphatic rings. The number of carbonyl (C=O) groups is 1. The first-order valence-electron chi connectivity index (χ1n) is 9.52. The van der Waals surface area contributed by atoms with Crippen LogP contribution in [0, 0.1) is 0 Å². The summed E-state index contributed by atoms with van der Waals surface area (Å²) in [5, 5.41) is 5.71. The van der Waals surface area contributed by atoms with Gasteiger partial charge in [-0.15, -0.1) is 0 Å². The Bertz CT molecular complexity index is 997. The van der Waals surface area contributed by atoms with E-state index in [1.165, 1.54) is 0 Å². The summed E-state index contributed by atoms with van der Waals surface area (Å²) in [5.74, 6) is 0.826. The molecular weight excluding hydrogens is 366 g/mol. The molecule has 150 valence electrons. The quantitative estimate of drug-likeness (QED) is 0.620. The largest absolute Gasteiger partial charge is 0.496 e. The maximum absolute atomic E-state index is 12.0. The maximum atomic E-state index is 12.0. The molecule has 1 aromatic heterocycles. The highest BCUT2D eigenvalue weighted by Crippen LogP contribution is 2.17. The Hall–Kier alpha value is -3.54. The predicted molar refractivity (Wildman–Crippen MR) is 113 cm³/mol. The van der Waals surface area contributed by atoms with Crippen molar-refractivity contribution in [3.63, 3.8) is 0 Å². The van der Waals surface area contributed by atoms with E-state index in [4.69, 9.17) is 4.74 Å². The van der Waals surface area contributed by atoms with Crippen molar-refractivity contribution in [3.8, 4) is 5.75 Å². The Morgan fingerprint density at radius 3 is 2.41 bits per heavy atom. The number of hydrogen-bond donors (Lipinski definition) is 2. The third kappa shape index (κ3) is 5.97. The average Bonchev–Trinajstić information content (AvgIpc) is 2.75. The number of nitrogens with one attached hydrogen (secondary N) is 2. The number of para-hydroxylation sites is 1. The zero-order valence-electron chi connectivity index (χ0n) is 16.4. The molecule has 0 aliphatic carbocycles. The lowest BCUT2D eigenvalue weighted by molar-refractivity contribution is 0.240. The van der Waals surface area contributed by atoms with Crippen LogP contribution in [0.2, 0.25) is 0 Å². The van der Waals surface area contributed by atoms with Gasteiger partial charge in [-0.3, -0.25) is 4.79 Å². The van der Waals surface area contributed by atoms with Gasteiger partial charge in [-0.25, -0.2) is 4.79 Å². The van der Waals surface area contributed by atoms with Gasteiger partial charge in [-0.05, 0) is 35.2 Å². The summed E-state index contributed by atoms with van der Waals surface area (Å²) in [7, 11) is 1.64. The molecule has 2 N–H and O–H groups in total. The Labute approximate surface area is 170 Å². The number of methoxy groups -OCH3 is 1. The molecule has 6 heteroatoms. The molecule has 0 saturated carbocycles. The van der Waals surface area contributed by atoms with E-state index in [1.54, 1.807) is 30.0 Å². The zero-order chi connectivity index (χ0) is 20.5. The summed E-state index contributed by atoms with van der Waals surface area (Å²) in [4.78, 5) is 23.8. The van der Waals surface area contributed by atoms with E-state index in [9.17, 15) is 9.59 Å². The highest BCUT2D eigenvalue weighted by molar-refractivity contribution is 5.73. The fourth-order valence-corrected chi connectivity index (χ4v) is 3.02. The van der Waals surface area contributed by atoms with Crippen LogP contribution in [0.4, 0.5) is 4.79 Å². The number of ether oxygens (including phenoxy) is 1. The third-order valence-electron chi connectivity index (χ3n) is 4.60. The second-order valence-electron chi connectivity index (χ2n) is 6.65. The molecule has 6 nitrogen and oxygen atoms in total. The fourth-order valence-electron chi connectivity index (χ4n) is 3.02. The smallest absolute Gasteiger partial charge is 0.315 e. The van der Waals surface area contributed by atoms with E-state index >= 15 is 0 Å². The van der Waals surface area contributed by atoms with Crippen molar-refractivity contribution in [1.29, 1.82) is 0 Å². The van der Waals surface area contributed by atoms with Gasteiger partial charge in [0.15, 0.2) is 0 Å². The predicted octanol–water partition coefficient (Wildman–Crippen LogP) is 2.95. The van der Waals surface area contributed by atoms with Crippen LogP contribution in [0.5, 0.6) is 5.75 Å². The first kappa shape index (κ1) is 20.2.